The highest BCUT2D eigenvalue weighted by atomic mass is 32.1. The topological polar surface area (TPSA) is 93.4 Å². The molecule has 0 aromatic carbocycles. The quantitative estimate of drug-likeness (QED) is 0.503. The predicted molar refractivity (Wildman–Crippen MR) is 112 cm³/mol. The van der Waals surface area contributed by atoms with Crippen molar-refractivity contribution in [3.63, 3.8) is 0 Å². The monoisotopic (exact) mass is 390 g/mol. The molecule has 2 N–H and O–H groups in total. The van der Waals surface area contributed by atoms with Crippen LogP contribution in [-0.2, 0) is 6.54 Å². The van der Waals surface area contributed by atoms with Crippen molar-refractivity contribution in [3.05, 3.63) is 60.8 Å². The van der Waals surface area contributed by atoms with Crippen LogP contribution in [0.1, 0.15) is 12.5 Å². The van der Waals surface area contributed by atoms with Crippen LogP contribution in [0.3, 0.4) is 0 Å². The number of anilines is 1. The molecule has 4 aromatic heterocycles. The maximum Gasteiger partial charge on any atom is 0.180 e. The summed E-state index contributed by atoms with van der Waals surface area (Å²) in [5.74, 6) is 0.622. The largest absolute Gasteiger partial charge is 0.363 e. The number of nitrogens with one attached hydrogen (secondary N) is 2. The van der Waals surface area contributed by atoms with Crippen molar-refractivity contribution >= 4 is 34.3 Å². The van der Waals surface area contributed by atoms with Crippen LogP contribution in [0.15, 0.2) is 55.2 Å². The maximum absolute atomic E-state index is 5.20. The first-order valence-corrected chi connectivity index (χ1v) is 9.22. The Morgan fingerprint density at radius 3 is 2.89 bits per heavy atom. The van der Waals surface area contributed by atoms with Gasteiger partial charge in [-0.05, 0) is 42.9 Å². The van der Waals surface area contributed by atoms with Gasteiger partial charge in [-0.25, -0.2) is 9.97 Å². The smallest absolute Gasteiger partial charge is 0.180 e. The van der Waals surface area contributed by atoms with Gasteiger partial charge in [0.2, 0.25) is 0 Å². The highest BCUT2D eigenvalue weighted by Crippen LogP contribution is 2.19. The van der Waals surface area contributed by atoms with E-state index in [-0.39, 0.29) is 0 Å². The van der Waals surface area contributed by atoms with E-state index in [0.29, 0.717) is 34.3 Å². The summed E-state index contributed by atoms with van der Waals surface area (Å²) < 4.78 is 1.85. The van der Waals surface area contributed by atoms with Gasteiger partial charge >= 0.3 is 0 Å². The van der Waals surface area contributed by atoms with E-state index in [2.05, 4.69) is 35.7 Å². The fourth-order valence-electron chi connectivity index (χ4n) is 2.69. The summed E-state index contributed by atoms with van der Waals surface area (Å²) in [5, 5.41) is 11.0. The van der Waals surface area contributed by atoms with Crippen molar-refractivity contribution in [3.8, 4) is 11.3 Å². The van der Waals surface area contributed by atoms with Crippen LogP contribution >= 0.6 is 12.2 Å². The number of rotatable bonds is 5. The Kier molecular flexibility index (Phi) is 5.16. The Morgan fingerprint density at radius 2 is 2.07 bits per heavy atom. The van der Waals surface area contributed by atoms with Gasteiger partial charge in [-0.2, -0.15) is 5.10 Å². The lowest BCUT2D eigenvalue weighted by Gasteiger charge is -2.08. The molecule has 0 aliphatic rings. The molecule has 0 fully saturated rings. The van der Waals surface area contributed by atoms with Crippen molar-refractivity contribution in [2.24, 2.45) is 0 Å². The molecule has 8 nitrogen and oxygen atoms in total. The predicted octanol–water partition coefficient (Wildman–Crippen LogP) is 2.64. The summed E-state index contributed by atoms with van der Waals surface area (Å²) in [7, 11) is 0. The Hall–Kier alpha value is -3.46. The van der Waals surface area contributed by atoms with Gasteiger partial charge in [-0.3, -0.25) is 14.6 Å². The maximum atomic E-state index is 5.20. The molecule has 0 radical (unpaired) electrons. The van der Waals surface area contributed by atoms with Crippen LogP contribution in [0, 0.1) is 0 Å². The van der Waals surface area contributed by atoms with Gasteiger partial charge in [-0.1, -0.05) is 6.07 Å². The van der Waals surface area contributed by atoms with Crippen LogP contribution < -0.4 is 10.6 Å². The molecule has 0 aliphatic carbocycles. The molecule has 140 valence electrons. The van der Waals surface area contributed by atoms with Crippen LogP contribution in [0.2, 0.25) is 0 Å². The van der Waals surface area contributed by atoms with Crippen LogP contribution in [-0.4, -0.2) is 41.4 Å². The number of fused-ring (bicyclic) bond motifs is 1. The van der Waals surface area contributed by atoms with E-state index in [1.165, 1.54) is 0 Å². The highest BCUT2D eigenvalue weighted by molar-refractivity contribution is 7.80. The fraction of sp³-hybridized carbons (Fsp3) is 0.158. The first-order valence-electron chi connectivity index (χ1n) is 8.81. The molecule has 0 atom stereocenters. The minimum atomic E-state index is 0.523. The van der Waals surface area contributed by atoms with Crippen LogP contribution in [0.5, 0.6) is 0 Å². The molecule has 4 rings (SSSR count). The van der Waals surface area contributed by atoms with E-state index in [0.717, 1.165) is 17.7 Å². The average Bonchev–Trinajstić information content (AvgIpc) is 3.17. The molecule has 0 saturated carbocycles. The number of nitrogens with zero attached hydrogens (tertiary/aromatic N) is 6. The fourth-order valence-corrected chi connectivity index (χ4v) is 2.94. The number of aromatic nitrogens is 6. The first-order chi connectivity index (χ1) is 13.7. The minimum absolute atomic E-state index is 0.523. The third-order valence-electron chi connectivity index (χ3n) is 3.98. The summed E-state index contributed by atoms with van der Waals surface area (Å²) >= 11 is 5.20. The van der Waals surface area contributed by atoms with Crippen molar-refractivity contribution in [2.45, 2.75) is 13.5 Å². The SMILES string of the molecule is CCNC(=S)Nc1ccc2ncc(-c3cnn(Cc4cccnc4)c3)nc2n1. The van der Waals surface area contributed by atoms with Crippen LogP contribution in [0.25, 0.3) is 22.4 Å². The summed E-state index contributed by atoms with van der Waals surface area (Å²) in [4.78, 5) is 17.7. The van der Waals surface area contributed by atoms with Crippen molar-refractivity contribution in [1.29, 1.82) is 0 Å². The number of hydrogen-bond donors (Lipinski definition) is 2. The van der Waals surface area contributed by atoms with Gasteiger partial charge in [-0.15, -0.1) is 0 Å². The third kappa shape index (κ3) is 4.09. The van der Waals surface area contributed by atoms with Crippen LogP contribution in [0.4, 0.5) is 5.82 Å². The van der Waals surface area contributed by atoms with Gasteiger partial charge in [0.15, 0.2) is 10.8 Å². The molecular formula is C19H18N8S. The lowest BCUT2D eigenvalue weighted by molar-refractivity contribution is 0.685. The molecule has 0 amide bonds. The Bertz CT molecular complexity index is 1110. The third-order valence-corrected chi connectivity index (χ3v) is 4.23. The van der Waals surface area contributed by atoms with Gasteiger partial charge in [0.1, 0.15) is 11.3 Å². The van der Waals surface area contributed by atoms with E-state index in [4.69, 9.17) is 12.2 Å². The molecule has 9 heteroatoms. The van der Waals surface area contributed by atoms with E-state index in [1.807, 2.05) is 48.3 Å². The van der Waals surface area contributed by atoms with Gasteiger partial charge in [0.25, 0.3) is 0 Å². The Balaban J connectivity index is 1.57. The molecule has 4 aromatic rings. The lowest BCUT2D eigenvalue weighted by atomic mass is 10.2. The standard InChI is InChI=1S/C19H18N8S/c1-2-21-19(28)26-17-6-5-15-18(25-17)24-16(10-22-15)14-9-23-27(12-14)11-13-4-3-7-20-8-13/h3-10,12H,2,11H2,1H3,(H2,21,24,25,26,28). The highest BCUT2D eigenvalue weighted by Gasteiger charge is 2.08. The van der Waals surface area contributed by atoms with Crippen molar-refractivity contribution in [2.75, 3.05) is 11.9 Å². The van der Waals surface area contributed by atoms with E-state index < -0.39 is 0 Å². The van der Waals surface area contributed by atoms with E-state index in [1.54, 1.807) is 18.6 Å². The Labute approximate surface area is 167 Å². The molecule has 0 saturated heterocycles. The Morgan fingerprint density at radius 1 is 1.14 bits per heavy atom. The summed E-state index contributed by atoms with van der Waals surface area (Å²) in [6.45, 7) is 3.36. The second-order valence-corrected chi connectivity index (χ2v) is 6.48. The second kappa shape index (κ2) is 8.05. The number of thiocarbonyl (C=S) groups is 1. The minimum Gasteiger partial charge on any atom is -0.363 e. The van der Waals surface area contributed by atoms with E-state index >= 15 is 0 Å². The zero-order valence-electron chi connectivity index (χ0n) is 15.2. The summed E-state index contributed by atoms with van der Waals surface area (Å²) in [5.41, 5.74) is 3.93. The number of hydrogen-bond acceptors (Lipinski definition) is 6. The van der Waals surface area contributed by atoms with Gasteiger partial charge < -0.3 is 10.6 Å². The molecule has 0 aliphatic heterocycles. The van der Waals surface area contributed by atoms with Crippen molar-refractivity contribution in [1.82, 2.24) is 35.0 Å². The molecule has 28 heavy (non-hydrogen) atoms. The van der Waals surface area contributed by atoms with Gasteiger partial charge in [0.05, 0.1) is 24.6 Å². The molecule has 0 bridgehead atoms. The van der Waals surface area contributed by atoms with Gasteiger partial charge in [0, 0.05) is 30.7 Å². The summed E-state index contributed by atoms with van der Waals surface area (Å²) in [6.07, 6.45) is 9.02. The zero-order valence-corrected chi connectivity index (χ0v) is 16.0. The summed E-state index contributed by atoms with van der Waals surface area (Å²) in [6, 6.07) is 7.61. The molecule has 4 heterocycles. The molecule has 0 unspecified atom stereocenters. The average molecular weight is 390 g/mol. The van der Waals surface area contributed by atoms with E-state index in [9.17, 15) is 0 Å². The first kappa shape index (κ1) is 17.9. The zero-order chi connectivity index (χ0) is 19.3. The lowest BCUT2D eigenvalue weighted by Crippen LogP contribution is -2.28. The normalized spacial score (nSPS) is 10.8. The molecule has 0 spiro atoms. The second-order valence-electron chi connectivity index (χ2n) is 6.07. The number of pyridine rings is 2. The molecular weight excluding hydrogens is 372 g/mol. The van der Waals surface area contributed by atoms with Crippen molar-refractivity contribution < 1.29 is 0 Å².